The highest BCUT2D eigenvalue weighted by Gasteiger charge is 2.24. The molecule has 0 amide bonds. The van der Waals surface area contributed by atoms with Crippen molar-refractivity contribution in [2.75, 3.05) is 0 Å². The van der Waals surface area contributed by atoms with Gasteiger partial charge in [0.15, 0.2) is 0 Å². The fraction of sp³-hybridized carbons (Fsp3) is 0.500. The van der Waals surface area contributed by atoms with Gasteiger partial charge in [-0.25, -0.2) is 0 Å². The first-order valence-electron chi connectivity index (χ1n) is 3.51. The van der Waals surface area contributed by atoms with Gasteiger partial charge >= 0.3 is 0 Å². The number of thiophene rings is 1. The first-order valence-corrected chi connectivity index (χ1v) is 6.64. The zero-order valence-electron chi connectivity index (χ0n) is 6.97. The van der Waals surface area contributed by atoms with Crippen LogP contribution in [0.3, 0.4) is 0 Å². The molecule has 0 fully saturated rings. The van der Waals surface area contributed by atoms with E-state index in [0.717, 1.165) is 0 Å². The quantitative estimate of drug-likeness (QED) is 0.613. The Hall–Kier alpha value is 0.420. The summed E-state index contributed by atoms with van der Waals surface area (Å²) in [4.78, 5) is 0. The summed E-state index contributed by atoms with van der Waals surface area (Å²) in [6, 6.07) is 4.18. The molecule has 62 valence electrons. The van der Waals surface area contributed by atoms with Crippen LogP contribution in [0, 0.1) is 0 Å². The second-order valence-electron chi connectivity index (χ2n) is 3.40. The Morgan fingerprint density at radius 2 is 2.09 bits per heavy atom. The van der Waals surface area contributed by atoms with Gasteiger partial charge in [-0.15, -0.1) is 11.3 Å². The second-order valence-corrected chi connectivity index (χ2v) is 8.05. The van der Waals surface area contributed by atoms with E-state index in [1.165, 1.54) is 4.62 Å². The fourth-order valence-corrected chi connectivity index (χ4v) is 3.95. The molecule has 0 aromatic carbocycles. The van der Waals surface area contributed by atoms with E-state index in [1.54, 1.807) is 11.3 Å². The molecule has 0 aliphatic carbocycles. The van der Waals surface area contributed by atoms with Crippen molar-refractivity contribution in [3.8, 4) is 0 Å². The first kappa shape index (κ1) is 9.51. The molecule has 0 saturated carbocycles. The molecular weight excluding hydrogens is 195 g/mol. The van der Waals surface area contributed by atoms with Crippen molar-refractivity contribution in [2.24, 2.45) is 0 Å². The minimum absolute atomic E-state index is 0.224. The van der Waals surface area contributed by atoms with E-state index in [1.807, 2.05) is 0 Å². The van der Waals surface area contributed by atoms with Crippen molar-refractivity contribution in [1.82, 2.24) is 0 Å². The number of rotatable bonds is 1. The second kappa shape index (κ2) is 3.43. The van der Waals surface area contributed by atoms with Gasteiger partial charge in [-0.1, -0.05) is 38.1 Å². The number of hydrogen-bond acceptors (Lipinski definition) is 1. The van der Waals surface area contributed by atoms with Crippen molar-refractivity contribution in [1.29, 1.82) is 0 Å². The molecule has 3 heteroatoms. The normalized spacial score (nSPS) is 14.9. The molecule has 0 unspecified atom stereocenters. The van der Waals surface area contributed by atoms with E-state index < -0.39 is 7.27 Å². The minimum Gasteiger partial charge on any atom is -0.143 e. The molecule has 0 bridgehead atoms. The van der Waals surface area contributed by atoms with Gasteiger partial charge in [0.25, 0.3) is 0 Å². The Kier molecular flexibility index (Phi) is 2.96. The summed E-state index contributed by atoms with van der Waals surface area (Å²) >= 11 is 8.05. The maximum atomic E-state index is 6.30. The van der Waals surface area contributed by atoms with Crippen LogP contribution in [0.4, 0.5) is 0 Å². The van der Waals surface area contributed by atoms with Crippen LogP contribution in [0.1, 0.15) is 20.8 Å². The van der Waals surface area contributed by atoms with Gasteiger partial charge in [-0.05, 0) is 11.4 Å². The lowest BCUT2D eigenvalue weighted by Gasteiger charge is -2.23. The molecule has 1 rings (SSSR count). The van der Waals surface area contributed by atoms with E-state index in [-0.39, 0.29) is 5.16 Å². The summed E-state index contributed by atoms with van der Waals surface area (Å²) in [7, 11) is -0.489. The SMILES string of the molecule is CC(C)(C)[P@](Cl)c1cccs1. The zero-order valence-corrected chi connectivity index (χ0v) is 9.43. The standard InChI is InChI=1S/C8H12ClPS/c1-8(2,3)10(9)7-5-4-6-11-7/h4-6H,1-3H3/t10-/m1/s1. The summed E-state index contributed by atoms with van der Waals surface area (Å²) in [5.74, 6) is 0. The number of halogens is 1. The monoisotopic (exact) mass is 206 g/mol. The molecule has 1 aromatic rings. The van der Waals surface area contributed by atoms with Crippen molar-refractivity contribution in [3.05, 3.63) is 17.5 Å². The lowest BCUT2D eigenvalue weighted by molar-refractivity contribution is 0.796. The average molecular weight is 207 g/mol. The van der Waals surface area contributed by atoms with Crippen LogP contribution in [0.2, 0.25) is 0 Å². The molecular formula is C8H12ClPS. The molecule has 1 heterocycles. The lowest BCUT2D eigenvalue weighted by Crippen LogP contribution is -2.13. The van der Waals surface area contributed by atoms with Crippen LogP contribution >= 0.6 is 29.9 Å². The molecule has 1 aromatic heterocycles. The third-order valence-electron chi connectivity index (χ3n) is 1.29. The Labute approximate surface area is 78.1 Å². The van der Waals surface area contributed by atoms with E-state index in [9.17, 15) is 0 Å². The summed E-state index contributed by atoms with van der Waals surface area (Å²) < 4.78 is 1.33. The Bertz CT molecular complexity index is 212. The summed E-state index contributed by atoms with van der Waals surface area (Å²) in [5.41, 5.74) is 0. The van der Waals surface area contributed by atoms with Crippen LogP contribution < -0.4 is 4.62 Å². The minimum atomic E-state index is -0.489. The third kappa shape index (κ3) is 2.43. The predicted octanol–water partition coefficient (Wildman–Crippen LogP) is 3.81. The lowest BCUT2D eigenvalue weighted by atomic mass is 10.3. The molecule has 1 atom stereocenters. The van der Waals surface area contributed by atoms with Crippen molar-refractivity contribution < 1.29 is 0 Å². The van der Waals surface area contributed by atoms with Crippen LogP contribution in [0.5, 0.6) is 0 Å². The highest BCUT2D eigenvalue weighted by atomic mass is 35.7. The average Bonchev–Trinajstić information content (AvgIpc) is 2.34. The predicted molar refractivity (Wildman–Crippen MR) is 56.5 cm³/mol. The van der Waals surface area contributed by atoms with Gasteiger partial charge in [0.1, 0.15) is 0 Å². The molecule has 0 aliphatic heterocycles. The summed E-state index contributed by atoms with van der Waals surface area (Å²) in [6.45, 7) is 6.56. The molecule has 0 nitrogen and oxygen atoms in total. The molecule has 11 heavy (non-hydrogen) atoms. The largest absolute Gasteiger partial charge is 0.143 e. The van der Waals surface area contributed by atoms with E-state index in [2.05, 4.69) is 38.3 Å². The first-order chi connectivity index (χ1) is 5.02. The topological polar surface area (TPSA) is 0 Å². The van der Waals surface area contributed by atoms with Gasteiger partial charge in [-0.3, -0.25) is 0 Å². The van der Waals surface area contributed by atoms with Gasteiger partial charge < -0.3 is 0 Å². The van der Waals surface area contributed by atoms with Crippen LogP contribution in [-0.2, 0) is 0 Å². The molecule has 0 spiro atoms. The highest BCUT2D eigenvalue weighted by molar-refractivity contribution is 7.94. The van der Waals surface area contributed by atoms with Crippen molar-refractivity contribution in [2.45, 2.75) is 25.9 Å². The van der Waals surface area contributed by atoms with Gasteiger partial charge in [-0.2, -0.15) is 0 Å². The Balaban J connectivity index is 2.78. The van der Waals surface area contributed by atoms with Crippen molar-refractivity contribution in [3.63, 3.8) is 0 Å². The summed E-state index contributed by atoms with van der Waals surface area (Å²) in [6.07, 6.45) is 0. The van der Waals surface area contributed by atoms with E-state index in [4.69, 9.17) is 11.2 Å². The fourth-order valence-electron chi connectivity index (χ4n) is 0.712. The number of hydrogen-bond donors (Lipinski definition) is 0. The third-order valence-corrected chi connectivity index (χ3v) is 6.91. The van der Waals surface area contributed by atoms with Crippen LogP contribution in [0.25, 0.3) is 0 Å². The Morgan fingerprint density at radius 1 is 1.45 bits per heavy atom. The maximum absolute atomic E-state index is 6.30. The van der Waals surface area contributed by atoms with Gasteiger partial charge in [0, 0.05) is 17.0 Å². The maximum Gasteiger partial charge on any atom is 0.0439 e. The molecule has 0 N–H and O–H groups in total. The molecule has 0 aliphatic rings. The molecule has 0 saturated heterocycles. The Morgan fingerprint density at radius 3 is 2.45 bits per heavy atom. The van der Waals surface area contributed by atoms with E-state index in [0.29, 0.717) is 0 Å². The van der Waals surface area contributed by atoms with Gasteiger partial charge in [0.05, 0.1) is 0 Å². The van der Waals surface area contributed by atoms with Crippen molar-refractivity contribution >= 4 is 34.5 Å². The summed E-state index contributed by atoms with van der Waals surface area (Å²) in [5, 5.41) is 2.31. The van der Waals surface area contributed by atoms with E-state index >= 15 is 0 Å². The smallest absolute Gasteiger partial charge is 0.0439 e. The molecule has 0 radical (unpaired) electrons. The zero-order chi connectivity index (χ0) is 8.48. The highest BCUT2D eigenvalue weighted by Crippen LogP contribution is 2.53. The van der Waals surface area contributed by atoms with Crippen LogP contribution in [0.15, 0.2) is 17.5 Å². The van der Waals surface area contributed by atoms with Gasteiger partial charge in [0.2, 0.25) is 0 Å². The van der Waals surface area contributed by atoms with Crippen LogP contribution in [-0.4, -0.2) is 5.16 Å².